The maximum absolute atomic E-state index is 7.10. The van der Waals surface area contributed by atoms with Crippen LogP contribution in [0.4, 0.5) is 0 Å². The molecule has 1 unspecified atom stereocenters. The zero-order valence-electron chi connectivity index (χ0n) is 17.7. The van der Waals surface area contributed by atoms with Gasteiger partial charge in [0.2, 0.25) is 0 Å². The van der Waals surface area contributed by atoms with Crippen molar-refractivity contribution in [3.05, 3.63) is 71.3 Å². The first-order valence-electron chi connectivity index (χ1n) is 11.0. The van der Waals surface area contributed by atoms with Gasteiger partial charge in [-0.05, 0) is 48.2 Å². The Morgan fingerprint density at radius 2 is 1.71 bits per heavy atom. The Bertz CT molecular complexity index is 807. The number of unbranched alkanes of at least 4 members (excludes halogenated alkanes) is 1. The molecule has 2 nitrogen and oxygen atoms in total. The molecule has 150 valence electrons. The molecule has 0 amide bonds. The predicted octanol–water partition coefficient (Wildman–Crippen LogP) is 6.56. The number of fused-ring (bicyclic) bond motifs is 5. The molecule has 0 saturated carbocycles. The van der Waals surface area contributed by atoms with Crippen LogP contribution in [0.3, 0.4) is 0 Å². The van der Waals surface area contributed by atoms with Gasteiger partial charge >= 0.3 is 0 Å². The average Bonchev–Trinajstić information content (AvgIpc) is 2.93. The Labute approximate surface area is 171 Å². The molecule has 3 heteroatoms. The van der Waals surface area contributed by atoms with Gasteiger partial charge in [0, 0.05) is 5.41 Å². The van der Waals surface area contributed by atoms with E-state index in [2.05, 4.69) is 75.0 Å². The fraction of sp³-hybridized carbons (Fsp3) is 0.520. The summed E-state index contributed by atoms with van der Waals surface area (Å²) in [7, 11) is -1.79. The smallest absolute Gasteiger partial charge is 0.191 e. The van der Waals surface area contributed by atoms with Gasteiger partial charge < -0.3 is 9.16 Å². The summed E-state index contributed by atoms with van der Waals surface area (Å²) in [6.45, 7) is 8.57. The average molecular weight is 395 g/mol. The number of benzene rings is 2. The van der Waals surface area contributed by atoms with Crippen LogP contribution >= 0.6 is 0 Å². The summed E-state index contributed by atoms with van der Waals surface area (Å²) >= 11 is 0. The largest absolute Gasteiger partial charge is 0.408 e. The standard InChI is InChI=1S/C25H34O2Si/c1-4-6-16-28(3)20-24(19-26-17-21-12-8-7-9-13-21)18-25(5-2,27-28)23-15-11-10-14-22(23)24/h7-15H,4-6,16-20H2,1-3H3/t24-,25+,28?/m0/s1. The van der Waals surface area contributed by atoms with Gasteiger partial charge in [-0.2, -0.15) is 0 Å². The van der Waals surface area contributed by atoms with E-state index >= 15 is 0 Å². The van der Waals surface area contributed by atoms with Crippen molar-refractivity contribution in [2.75, 3.05) is 6.61 Å². The zero-order valence-corrected chi connectivity index (χ0v) is 18.7. The zero-order chi connectivity index (χ0) is 19.7. The Hall–Kier alpha value is -1.42. The second kappa shape index (κ2) is 7.77. The molecule has 4 rings (SSSR count). The van der Waals surface area contributed by atoms with Crippen LogP contribution in [-0.2, 0) is 26.8 Å². The number of hydrogen-bond donors (Lipinski definition) is 0. The Balaban J connectivity index is 1.64. The Morgan fingerprint density at radius 1 is 1.00 bits per heavy atom. The highest BCUT2D eigenvalue weighted by Crippen LogP contribution is 2.61. The van der Waals surface area contributed by atoms with Gasteiger partial charge in [-0.3, -0.25) is 0 Å². The minimum absolute atomic E-state index is 0.0976. The predicted molar refractivity (Wildman–Crippen MR) is 118 cm³/mol. The lowest BCUT2D eigenvalue weighted by atomic mass is 9.82. The van der Waals surface area contributed by atoms with Crippen LogP contribution in [0.5, 0.6) is 0 Å². The van der Waals surface area contributed by atoms with Crippen molar-refractivity contribution in [1.82, 2.24) is 0 Å². The lowest BCUT2D eigenvalue weighted by molar-refractivity contribution is -0.0128. The molecule has 2 bridgehead atoms. The summed E-state index contributed by atoms with van der Waals surface area (Å²) in [6, 6.07) is 22.1. The maximum Gasteiger partial charge on any atom is 0.191 e. The first-order valence-corrected chi connectivity index (χ1v) is 13.8. The quantitative estimate of drug-likeness (QED) is 0.472. The highest BCUT2D eigenvalue weighted by molar-refractivity contribution is 6.73. The van der Waals surface area contributed by atoms with Crippen LogP contribution in [0.2, 0.25) is 18.6 Å². The second-order valence-corrected chi connectivity index (χ2v) is 13.1. The van der Waals surface area contributed by atoms with Crippen LogP contribution < -0.4 is 0 Å². The molecule has 1 saturated heterocycles. The SMILES string of the molecule is CCCC[Si]1(C)C[C@@]2(COCc3ccccc3)C[C@@](CC)(O1)c1ccccc12. The third-order valence-corrected chi connectivity index (χ3v) is 10.6. The molecule has 2 aromatic carbocycles. The molecule has 1 aliphatic heterocycles. The lowest BCUT2D eigenvalue weighted by Crippen LogP contribution is -2.53. The third-order valence-electron chi connectivity index (χ3n) is 6.89. The van der Waals surface area contributed by atoms with Gasteiger partial charge in [0.05, 0.1) is 18.8 Å². The van der Waals surface area contributed by atoms with Crippen LogP contribution in [0.15, 0.2) is 54.6 Å². The van der Waals surface area contributed by atoms with Crippen molar-refractivity contribution >= 4 is 8.32 Å². The molecule has 2 aliphatic rings. The molecule has 0 spiro atoms. The van der Waals surface area contributed by atoms with Crippen LogP contribution in [0.25, 0.3) is 0 Å². The summed E-state index contributed by atoms with van der Waals surface area (Å²) in [6.07, 6.45) is 4.66. The normalized spacial score (nSPS) is 31.0. The molecular weight excluding hydrogens is 360 g/mol. The second-order valence-electron chi connectivity index (χ2n) is 9.16. The van der Waals surface area contributed by atoms with E-state index in [1.54, 1.807) is 0 Å². The van der Waals surface area contributed by atoms with Gasteiger partial charge in [0.15, 0.2) is 8.32 Å². The van der Waals surface area contributed by atoms with Gasteiger partial charge in [0.1, 0.15) is 0 Å². The van der Waals surface area contributed by atoms with E-state index in [0.717, 1.165) is 19.4 Å². The van der Waals surface area contributed by atoms with Crippen molar-refractivity contribution in [3.63, 3.8) is 0 Å². The molecule has 1 fully saturated rings. The van der Waals surface area contributed by atoms with Crippen molar-refractivity contribution in [2.24, 2.45) is 0 Å². The summed E-state index contributed by atoms with van der Waals surface area (Å²) in [5.41, 5.74) is 4.21. The highest BCUT2D eigenvalue weighted by atomic mass is 28.4. The Kier molecular flexibility index (Phi) is 5.52. The van der Waals surface area contributed by atoms with E-state index in [0.29, 0.717) is 6.61 Å². The highest BCUT2D eigenvalue weighted by Gasteiger charge is 2.61. The van der Waals surface area contributed by atoms with Crippen molar-refractivity contribution < 1.29 is 9.16 Å². The first kappa shape index (κ1) is 19.9. The van der Waals surface area contributed by atoms with Crippen LogP contribution in [-0.4, -0.2) is 14.9 Å². The van der Waals surface area contributed by atoms with E-state index in [4.69, 9.17) is 9.16 Å². The van der Waals surface area contributed by atoms with E-state index in [9.17, 15) is 0 Å². The number of rotatable bonds is 8. The summed E-state index contributed by atoms with van der Waals surface area (Å²) in [5, 5.41) is 0. The van der Waals surface area contributed by atoms with Gasteiger partial charge in [-0.15, -0.1) is 0 Å². The van der Waals surface area contributed by atoms with Crippen molar-refractivity contribution in [3.8, 4) is 0 Å². The monoisotopic (exact) mass is 394 g/mol. The fourth-order valence-electron chi connectivity index (χ4n) is 5.75. The minimum Gasteiger partial charge on any atom is -0.408 e. The first-order chi connectivity index (χ1) is 13.5. The van der Waals surface area contributed by atoms with Gasteiger partial charge in [0.25, 0.3) is 0 Å². The summed E-state index contributed by atoms with van der Waals surface area (Å²) in [4.78, 5) is 0. The van der Waals surface area contributed by atoms with E-state index in [-0.39, 0.29) is 11.0 Å². The van der Waals surface area contributed by atoms with Crippen LogP contribution in [0.1, 0.15) is 56.2 Å². The molecule has 2 aromatic rings. The summed E-state index contributed by atoms with van der Waals surface area (Å²) < 4.78 is 13.5. The third kappa shape index (κ3) is 3.49. The molecular formula is C25H34O2Si. The molecule has 3 atom stereocenters. The van der Waals surface area contributed by atoms with E-state index < -0.39 is 8.32 Å². The Morgan fingerprint density at radius 3 is 2.43 bits per heavy atom. The number of ether oxygens (including phenoxy) is 1. The van der Waals surface area contributed by atoms with Gasteiger partial charge in [-0.25, -0.2) is 0 Å². The van der Waals surface area contributed by atoms with E-state index in [1.165, 1.54) is 41.6 Å². The lowest BCUT2D eigenvalue weighted by Gasteiger charge is -2.49. The maximum atomic E-state index is 7.10. The molecule has 1 heterocycles. The minimum atomic E-state index is -1.79. The van der Waals surface area contributed by atoms with Crippen molar-refractivity contribution in [2.45, 2.75) is 75.8 Å². The number of hydrogen-bond acceptors (Lipinski definition) is 2. The van der Waals surface area contributed by atoms with Crippen molar-refractivity contribution in [1.29, 1.82) is 0 Å². The van der Waals surface area contributed by atoms with Gasteiger partial charge in [-0.1, -0.05) is 81.3 Å². The topological polar surface area (TPSA) is 18.5 Å². The molecule has 0 aromatic heterocycles. The van der Waals surface area contributed by atoms with Crippen LogP contribution in [0, 0.1) is 0 Å². The summed E-state index contributed by atoms with van der Waals surface area (Å²) in [5.74, 6) is 0. The molecule has 1 aliphatic carbocycles. The molecule has 28 heavy (non-hydrogen) atoms. The molecule has 0 radical (unpaired) electrons. The van der Waals surface area contributed by atoms with E-state index in [1.807, 2.05) is 0 Å². The molecule has 0 N–H and O–H groups in total. The fourth-order valence-corrected chi connectivity index (χ4v) is 10.3.